The number of carbonyl (C=O) groups excluding carboxylic acids is 1. The predicted octanol–water partition coefficient (Wildman–Crippen LogP) is 3.59. The number of aromatic nitrogens is 2. The number of carbonyl (C=O) groups is 1. The van der Waals surface area contributed by atoms with Crippen LogP contribution in [0.5, 0.6) is 0 Å². The molecule has 2 heterocycles. The van der Waals surface area contributed by atoms with Crippen LogP contribution in [0.25, 0.3) is 10.2 Å². The number of nitrogens with one attached hydrogen (secondary N) is 1. The summed E-state index contributed by atoms with van der Waals surface area (Å²) in [4.78, 5) is 23.0. The van der Waals surface area contributed by atoms with Crippen LogP contribution in [-0.2, 0) is 6.42 Å². The van der Waals surface area contributed by atoms with E-state index in [-0.39, 0.29) is 5.91 Å². The molecule has 0 saturated heterocycles. The quantitative estimate of drug-likeness (QED) is 0.797. The van der Waals surface area contributed by atoms with Crippen molar-refractivity contribution in [3.63, 3.8) is 0 Å². The van der Waals surface area contributed by atoms with Crippen LogP contribution in [0.3, 0.4) is 0 Å². The normalized spacial score (nSPS) is 10.9. The molecule has 0 atom stereocenters. The Balaban J connectivity index is 1.76. The van der Waals surface area contributed by atoms with Crippen molar-refractivity contribution < 1.29 is 4.79 Å². The summed E-state index contributed by atoms with van der Waals surface area (Å²) in [7, 11) is 0. The maximum Gasteiger partial charge on any atom is 0.261 e. The second-order valence-corrected chi connectivity index (χ2v) is 6.58. The lowest BCUT2D eigenvalue weighted by Crippen LogP contribution is -2.25. The number of hydrogen-bond donors (Lipinski definition) is 1. The van der Waals surface area contributed by atoms with Crippen molar-refractivity contribution >= 4 is 27.5 Å². The molecule has 0 unspecified atom stereocenters. The van der Waals surface area contributed by atoms with Crippen molar-refractivity contribution in [2.24, 2.45) is 0 Å². The van der Waals surface area contributed by atoms with Crippen LogP contribution in [0.4, 0.5) is 0 Å². The Labute approximate surface area is 139 Å². The Morgan fingerprint density at radius 1 is 1.13 bits per heavy atom. The smallest absolute Gasteiger partial charge is 0.261 e. The molecule has 118 valence electrons. The van der Waals surface area contributed by atoms with Gasteiger partial charge in [0.15, 0.2) is 0 Å². The van der Waals surface area contributed by atoms with Crippen molar-refractivity contribution in [2.75, 3.05) is 6.54 Å². The Hall–Kier alpha value is -2.27. The lowest BCUT2D eigenvalue weighted by molar-refractivity contribution is 0.0957. The van der Waals surface area contributed by atoms with E-state index < -0.39 is 0 Å². The third-order valence-corrected chi connectivity index (χ3v) is 5.02. The van der Waals surface area contributed by atoms with Crippen LogP contribution in [0, 0.1) is 20.8 Å². The number of nitrogens with zero attached hydrogens (tertiary/aromatic N) is 2. The highest BCUT2D eigenvalue weighted by Crippen LogP contribution is 2.31. The molecule has 5 heteroatoms. The minimum Gasteiger partial charge on any atom is -0.351 e. The molecule has 0 aliphatic carbocycles. The fourth-order valence-electron chi connectivity index (χ4n) is 2.74. The summed E-state index contributed by atoms with van der Waals surface area (Å²) in [6, 6.07) is 10.2. The van der Waals surface area contributed by atoms with Gasteiger partial charge in [0.2, 0.25) is 0 Å². The van der Waals surface area contributed by atoms with Crippen LogP contribution >= 0.6 is 11.3 Å². The first-order valence-electron chi connectivity index (χ1n) is 7.62. The number of benzene rings is 1. The van der Waals surface area contributed by atoms with Gasteiger partial charge in [0.05, 0.1) is 4.88 Å². The minimum absolute atomic E-state index is 0.0292. The van der Waals surface area contributed by atoms with Gasteiger partial charge >= 0.3 is 0 Å². The van der Waals surface area contributed by atoms with Gasteiger partial charge in [-0.25, -0.2) is 9.97 Å². The molecule has 0 aliphatic heterocycles. The fraction of sp³-hybridized carbons (Fsp3) is 0.278. The summed E-state index contributed by atoms with van der Waals surface area (Å²) in [5.74, 6) is 0.714. The molecular formula is C18H19N3OS. The maximum atomic E-state index is 12.5. The Morgan fingerprint density at radius 2 is 1.87 bits per heavy atom. The summed E-state index contributed by atoms with van der Waals surface area (Å²) in [6.07, 6.45) is 0.828. The maximum absolute atomic E-state index is 12.5. The predicted molar refractivity (Wildman–Crippen MR) is 94.1 cm³/mol. The SMILES string of the molecule is Cc1nc(C)c2c(C)c(C(=O)NCCc3ccccc3)sc2n1. The highest BCUT2D eigenvalue weighted by Gasteiger charge is 2.18. The third kappa shape index (κ3) is 3.24. The van der Waals surface area contributed by atoms with Gasteiger partial charge in [-0.15, -0.1) is 11.3 Å². The Bertz CT molecular complexity index is 856. The molecule has 3 aromatic rings. The van der Waals surface area contributed by atoms with E-state index in [0.717, 1.165) is 38.6 Å². The van der Waals surface area contributed by atoms with E-state index in [1.54, 1.807) is 0 Å². The summed E-state index contributed by atoms with van der Waals surface area (Å²) in [5.41, 5.74) is 3.13. The topological polar surface area (TPSA) is 54.9 Å². The van der Waals surface area contributed by atoms with Crippen molar-refractivity contribution in [3.8, 4) is 0 Å². The summed E-state index contributed by atoms with van der Waals surface area (Å²) >= 11 is 1.44. The molecule has 1 aromatic carbocycles. The first-order valence-corrected chi connectivity index (χ1v) is 8.44. The summed E-state index contributed by atoms with van der Waals surface area (Å²) < 4.78 is 0. The Kier molecular flexibility index (Phi) is 4.39. The third-order valence-electron chi connectivity index (χ3n) is 3.83. The molecule has 3 rings (SSSR count). The molecule has 1 N–H and O–H groups in total. The van der Waals surface area contributed by atoms with Crippen LogP contribution in [0.15, 0.2) is 30.3 Å². The molecule has 23 heavy (non-hydrogen) atoms. The van der Waals surface area contributed by atoms with Gasteiger partial charge in [0.25, 0.3) is 5.91 Å². The molecule has 0 saturated carbocycles. The molecule has 4 nitrogen and oxygen atoms in total. The second kappa shape index (κ2) is 6.46. The number of rotatable bonds is 4. The Morgan fingerprint density at radius 3 is 2.61 bits per heavy atom. The molecule has 0 bridgehead atoms. The zero-order valence-corrected chi connectivity index (χ0v) is 14.3. The summed E-state index contributed by atoms with van der Waals surface area (Å²) in [5, 5.41) is 4.01. The largest absolute Gasteiger partial charge is 0.351 e. The zero-order chi connectivity index (χ0) is 16.4. The van der Waals surface area contributed by atoms with Crippen molar-refractivity contribution in [3.05, 3.63) is 57.9 Å². The standard InChI is InChI=1S/C18H19N3OS/c1-11-15-12(2)20-13(3)21-18(15)23-16(11)17(22)19-10-9-14-7-5-4-6-8-14/h4-8H,9-10H2,1-3H3,(H,19,22). The average molecular weight is 325 g/mol. The van der Waals surface area contributed by atoms with E-state index in [4.69, 9.17) is 0 Å². The van der Waals surface area contributed by atoms with E-state index in [0.29, 0.717) is 6.54 Å². The monoisotopic (exact) mass is 325 g/mol. The first-order chi connectivity index (χ1) is 11.1. The molecule has 1 amide bonds. The van der Waals surface area contributed by atoms with Crippen LogP contribution in [-0.4, -0.2) is 22.4 Å². The minimum atomic E-state index is -0.0292. The number of amides is 1. The number of hydrogen-bond acceptors (Lipinski definition) is 4. The molecule has 0 fully saturated rings. The fourth-order valence-corrected chi connectivity index (χ4v) is 3.93. The molecule has 0 radical (unpaired) electrons. The molecule has 0 spiro atoms. The highest BCUT2D eigenvalue weighted by molar-refractivity contribution is 7.20. The second-order valence-electron chi connectivity index (χ2n) is 5.58. The van der Waals surface area contributed by atoms with E-state index >= 15 is 0 Å². The molecule has 2 aromatic heterocycles. The zero-order valence-electron chi connectivity index (χ0n) is 13.5. The lowest BCUT2D eigenvalue weighted by Gasteiger charge is -2.05. The van der Waals surface area contributed by atoms with Gasteiger partial charge in [-0.2, -0.15) is 0 Å². The first kappa shape index (κ1) is 15.6. The van der Waals surface area contributed by atoms with E-state index in [1.165, 1.54) is 16.9 Å². The van der Waals surface area contributed by atoms with Gasteiger partial charge in [0.1, 0.15) is 10.7 Å². The van der Waals surface area contributed by atoms with Crippen molar-refractivity contribution in [1.82, 2.24) is 15.3 Å². The number of aryl methyl sites for hydroxylation is 3. The highest BCUT2D eigenvalue weighted by atomic mass is 32.1. The van der Waals surface area contributed by atoms with Crippen molar-refractivity contribution in [1.29, 1.82) is 0 Å². The van der Waals surface area contributed by atoms with Crippen LogP contribution < -0.4 is 5.32 Å². The van der Waals surface area contributed by atoms with Gasteiger partial charge < -0.3 is 5.32 Å². The van der Waals surface area contributed by atoms with Gasteiger partial charge in [-0.3, -0.25) is 4.79 Å². The summed E-state index contributed by atoms with van der Waals surface area (Å²) in [6.45, 7) is 6.44. The average Bonchev–Trinajstić information content (AvgIpc) is 2.85. The number of fused-ring (bicyclic) bond motifs is 1. The van der Waals surface area contributed by atoms with E-state index in [9.17, 15) is 4.79 Å². The molecule has 0 aliphatic rings. The van der Waals surface area contributed by atoms with Crippen LogP contribution in [0.2, 0.25) is 0 Å². The van der Waals surface area contributed by atoms with E-state index in [2.05, 4.69) is 27.4 Å². The van der Waals surface area contributed by atoms with Gasteiger partial charge in [-0.1, -0.05) is 30.3 Å². The van der Waals surface area contributed by atoms with Crippen molar-refractivity contribution in [2.45, 2.75) is 27.2 Å². The van der Waals surface area contributed by atoms with E-state index in [1.807, 2.05) is 39.0 Å². The number of thiophene rings is 1. The van der Waals surface area contributed by atoms with Gasteiger partial charge in [0, 0.05) is 17.6 Å². The lowest BCUT2D eigenvalue weighted by atomic mass is 10.1. The van der Waals surface area contributed by atoms with Crippen LogP contribution in [0.1, 0.15) is 32.3 Å². The molecular weight excluding hydrogens is 306 g/mol. The van der Waals surface area contributed by atoms with Gasteiger partial charge in [-0.05, 0) is 38.3 Å².